The van der Waals surface area contributed by atoms with E-state index in [1.54, 1.807) is 0 Å². The summed E-state index contributed by atoms with van der Waals surface area (Å²) < 4.78 is 2.42. The number of aromatic nitrogens is 1. The van der Waals surface area contributed by atoms with Gasteiger partial charge in [0.25, 0.3) is 0 Å². The Labute approximate surface area is 391 Å². The first-order valence-electron chi connectivity index (χ1n) is 23.5. The van der Waals surface area contributed by atoms with E-state index in [9.17, 15) is 0 Å². The molecular formula is C63H48N4. The molecule has 0 unspecified atom stereocenters. The van der Waals surface area contributed by atoms with Gasteiger partial charge in [0.05, 0.1) is 22.4 Å². The van der Waals surface area contributed by atoms with Crippen LogP contribution in [-0.4, -0.2) is 17.7 Å². The molecule has 1 aromatic heterocycles. The fourth-order valence-electron chi connectivity index (χ4n) is 11.3. The summed E-state index contributed by atoms with van der Waals surface area (Å²) in [5.41, 5.74) is 19.1. The van der Waals surface area contributed by atoms with Gasteiger partial charge in [-0.1, -0.05) is 159 Å². The number of hydrogen-bond acceptors (Lipinski definition) is 3. The Bertz CT molecular complexity index is 3680. The molecule has 67 heavy (non-hydrogen) atoms. The zero-order chi connectivity index (χ0) is 44.6. The lowest BCUT2D eigenvalue weighted by atomic mass is 9.81. The smallest absolute Gasteiger partial charge is 0.0732 e. The van der Waals surface area contributed by atoms with Gasteiger partial charge in [0.2, 0.25) is 0 Å². The van der Waals surface area contributed by atoms with Crippen LogP contribution < -0.4 is 14.7 Å². The lowest BCUT2D eigenvalue weighted by Crippen LogP contribution is -2.36. The molecule has 0 fully saturated rings. The minimum atomic E-state index is -0.264. The van der Waals surface area contributed by atoms with Gasteiger partial charge in [-0.05, 0) is 124 Å². The van der Waals surface area contributed by atoms with Crippen LogP contribution in [0.1, 0.15) is 25.0 Å². The number of fused-ring (bicyclic) bond motifs is 8. The first kappa shape index (κ1) is 39.1. The van der Waals surface area contributed by atoms with Gasteiger partial charge in [-0.2, -0.15) is 0 Å². The van der Waals surface area contributed by atoms with E-state index in [-0.39, 0.29) is 5.41 Å². The molecule has 0 N–H and O–H groups in total. The molecule has 1 aliphatic heterocycles. The Balaban J connectivity index is 1.11. The number of anilines is 7. The molecule has 0 saturated carbocycles. The van der Waals surface area contributed by atoms with E-state index in [2.05, 4.69) is 264 Å². The average molecular weight is 861 g/mol. The van der Waals surface area contributed by atoms with Crippen molar-refractivity contribution in [3.05, 3.63) is 242 Å². The molecule has 2 heterocycles. The molecule has 11 aromatic rings. The maximum atomic E-state index is 2.55. The summed E-state index contributed by atoms with van der Waals surface area (Å²) in [7, 11) is 0. The first-order valence-corrected chi connectivity index (χ1v) is 23.5. The quantitative estimate of drug-likeness (QED) is 0.159. The van der Waals surface area contributed by atoms with Crippen LogP contribution in [-0.2, 0) is 5.41 Å². The van der Waals surface area contributed by atoms with Crippen molar-refractivity contribution in [3.63, 3.8) is 0 Å². The van der Waals surface area contributed by atoms with E-state index >= 15 is 0 Å². The molecule has 10 aromatic carbocycles. The summed E-state index contributed by atoms with van der Waals surface area (Å²) in [5, 5.41) is 4.89. The maximum Gasteiger partial charge on any atom is 0.0732 e. The van der Waals surface area contributed by atoms with Crippen LogP contribution in [0.4, 0.5) is 39.8 Å². The van der Waals surface area contributed by atoms with Crippen molar-refractivity contribution < 1.29 is 0 Å². The van der Waals surface area contributed by atoms with Gasteiger partial charge in [0.1, 0.15) is 0 Å². The van der Waals surface area contributed by atoms with E-state index in [1.165, 1.54) is 88.7 Å². The van der Waals surface area contributed by atoms with Crippen LogP contribution in [0.25, 0.3) is 60.5 Å². The highest BCUT2D eigenvalue weighted by atomic mass is 15.3. The van der Waals surface area contributed by atoms with Crippen molar-refractivity contribution >= 4 is 72.4 Å². The third-order valence-electron chi connectivity index (χ3n) is 14.4. The van der Waals surface area contributed by atoms with E-state index in [4.69, 9.17) is 0 Å². The lowest BCUT2D eigenvalue weighted by molar-refractivity contribution is 0.660. The average Bonchev–Trinajstić information content (AvgIpc) is 3.84. The van der Waals surface area contributed by atoms with Crippen molar-refractivity contribution in [2.45, 2.75) is 19.3 Å². The van der Waals surface area contributed by atoms with Crippen molar-refractivity contribution in [3.8, 4) is 27.9 Å². The molecule has 0 saturated heterocycles. The van der Waals surface area contributed by atoms with Crippen LogP contribution >= 0.6 is 0 Å². The molecule has 0 amide bonds. The zero-order valence-electron chi connectivity index (χ0n) is 37.6. The normalized spacial score (nSPS) is 13.8. The molecular weight excluding hydrogens is 813 g/mol. The Kier molecular flexibility index (Phi) is 8.97. The largest absolute Gasteiger partial charge is 0.338 e. The van der Waals surface area contributed by atoms with Crippen molar-refractivity contribution in [2.75, 3.05) is 27.8 Å². The van der Waals surface area contributed by atoms with Crippen LogP contribution in [0.3, 0.4) is 0 Å². The predicted molar refractivity (Wildman–Crippen MR) is 283 cm³/mol. The lowest BCUT2D eigenvalue weighted by Gasteiger charge is -2.40. The third-order valence-corrected chi connectivity index (χ3v) is 14.4. The number of hydrogen-bond donors (Lipinski definition) is 0. The summed E-state index contributed by atoms with van der Waals surface area (Å²) in [5.74, 6) is 0. The SMILES string of the molecule is CC1(C)c2ccccc2-c2c(-c3cccc4c3N(c3ccccc3)CCN4c3ccccc3)cc(N(c3ccc4ccccc4c3)c3ccc4c5ccccc5n(-c5ccccc5)c4c3)cc21. The van der Waals surface area contributed by atoms with Crippen LogP contribution in [0, 0.1) is 0 Å². The molecule has 4 heteroatoms. The predicted octanol–water partition coefficient (Wildman–Crippen LogP) is 16.7. The number of rotatable bonds is 7. The number of benzene rings is 10. The second-order valence-electron chi connectivity index (χ2n) is 18.5. The molecule has 1 aliphatic carbocycles. The second-order valence-corrected chi connectivity index (χ2v) is 18.5. The summed E-state index contributed by atoms with van der Waals surface area (Å²) in [4.78, 5) is 7.55. The second kappa shape index (κ2) is 15.4. The molecule has 4 nitrogen and oxygen atoms in total. The minimum Gasteiger partial charge on any atom is -0.338 e. The highest BCUT2D eigenvalue weighted by molar-refractivity contribution is 6.11. The summed E-state index contributed by atoms with van der Waals surface area (Å²) in [6.07, 6.45) is 0. The monoisotopic (exact) mass is 860 g/mol. The van der Waals surface area contributed by atoms with E-state index in [0.717, 1.165) is 35.8 Å². The first-order chi connectivity index (χ1) is 33.0. The van der Waals surface area contributed by atoms with Crippen molar-refractivity contribution in [1.82, 2.24) is 4.57 Å². The van der Waals surface area contributed by atoms with Crippen molar-refractivity contribution in [1.29, 1.82) is 0 Å². The summed E-state index contributed by atoms with van der Waals surface area (Å²) >= 11 is 0. The van der Waals surface area contributed by atoms with Gasteiger partial charge >= 0.3 is 0 Å². The Morgan fingerprint density at radius 3 is 1.78 bits per heavy atom. The highest BCUT2D eigenvalue weighted by Gasteiger charge is 2.39. The molecule has 0 radical (unpaired) electrons. The molecule has 0 atom stereocenters. The third kappa shape index (κ3) is 6.21. The van der Waals surface area contributed by atoms with Gasteiger partial charge in [0.15, 0.2) is 0 Å². The van der Waals surface area contributed by atoms with Gasteiger partial charge in [-0.3, -0.25) is 0 Å². The van der Waals surface area contributed by atoms with Crippen LogP contribution in [0.5, 0.6) is 0 Å². The molecule has 320 valence electrons. The Morgan fingerprint density at radius 1 is 0.388 bits per heavy atom. The van der Waals surface area contributed by atoms with Gasteiger partial charge in [-0.15, -0.1) is 0 Å². The maximum absolute atomic E-state index is 2.55. The topological polar surface area (TPSA) is 14.7 Å². The van der Waals surface area contributed by atoms with Gasteiger partial charge in [0, 0.05) is 69.0 Å². The summed E-state index contributed by atoms with van der Waals surface area (Å²) in [6.45, 7) is 6.51. The van der Waals surface area contributed by atoms with Gasteiger partial charge in [-0.25, -0.2) is 0 Å². The van der Waals surface area contributed by atoms with Crippen LogP contribution in [0.2, 0.25) is 0 Å². The molecule has 13 rings (SSSR count). The van der Waals surface area contributed by atoms with E-state index in [0.29, 0.717) is 0 Å². The molecule has 0 bridgehead atoms. The Morgan fingerprint density at radius 2 is 0.985 bits per heavy atom. The standard InChI is InChI=1S/C63H48N4/c1-63(2)56-30-16-14-28-54(56)61-55(53-29-18-32-59-62(53)65(46-23-8-4-9-24-46)38-37-64(59)45-21-6-3-7-22-45)40-50(41-57(61)63)66(48-34-33-43-19-12-13-20-44(43)39-48)49-35-36-52-51-27-15-17-31-58(51)67(60(52)42-49)47-25-10-5-11-26-47/h3-36,39-42H,37-38H2,1-2H3. The number of para-hydroxylation sites is 5. The van der Waals surface area contributed by atoms with E-state index < -0.39 is 0 Å². The zero-order valence-corrected chi connectivity index (χ0v) is 37.6. The molecule has 0 spiro atoms. The van der Waals surface area contributed by atoms with Crippen LogP contribution in [0.15, 0.2) is 231 Å². The molecule has 2 aliphatic rings. The van der Waals surface area contributed by atoms with E-state index in [1.807, 2.05) is 0 Å². The minimum absolute atomic E-state index is 0.264. The summed E-state index contributed by atoms with van der Waals surface area (Å²) in [6, 6.07) is 85.1. The highest BCUT2D eigenvalue weighted by Crippen LogP contribution is 2.57. The number of nitrogens with zero attached hydrogens (tertiary/aromatic N) is 4. The fourth-order valence-corrected chi connectivity index (χ4v) is 11.3. The Hall–Kier alpha value is -8.34. The van der Waals surface area contributed by atoms with Crippen molar-refractivity contribution in [2.24, 2.45) is 0 Å². The fraction of sp³-hybridized carbons (Fsp3) is 0.0794. The van der Waals surface area contributed by atoms with Gasteiger partial charge < -0.3 is 19.3 Å².